The number of carboxylic acid groups (broad SMARTS) is 1. The summed E-state index contributed by atoms with van der Waals surface area (Å²) in [5.74, 6) is -15.6. The molecule has 1 aromatic carbocycles. The third-order valence-corrected chi connectivity index (χ3v) is 24.0. The highest BCUT2D eigenvalue weighted by Crippen LogP contribution is 2.33. The van der Waals surface area contributed by atoms with Crippen LogP contribution in [0.15, 0.2) is 30.5 Å². The molecule has 23 N–H and O–H groups in total. The zero-order chi connectivity index (χ0) is 85.9. The largest absolute Gasteiger partial charge is 0.480 e. The molecular formula is C75H120N18O20S3. The fraction of sp³-hybridized carbons (Fsp3) is 0.680. The first-order valence-corrected chi connectivity index (χ1v) is 43.1. The number of urea groups is 1. The zero-order valence-corrected chi connectivity index (χ0v) is 69.7. The molecule has 0 bridgehead atoms. The number of carboxylic acids is 1. The maximum atomic E-state index is 14.8. The van der Waals surface area contributed by atoms with Crippen LogP contribution in [-0.2, 0) is 78.3 Å². The number of amides is 16. The molecule has 0 aliphatic carbocycles. The van der Waals surface area contributed by atoms with E-state index in [0.29, 0.717) is 79.6 Å². The smallest absolute Gasteiger partial charge is 0.325 e. The monoisotopic (exact) mass is 1690 g/mol. The Labute approximate surface area is 686 Å². The van der Waals surface area contributed by atoms with Crippen molar-refractivity contribution in [2.75, 3.05) is 50.0 Å². The lowest BCUT2D eigenvalue weighted by Crippen LogP contribution is -2.63. The van der Waals surface area contributed by atoms with Gasteiger partial charge < -0.3 is 116 Å². The summed E-state index contributed by atoms with van der Waals surface area (Å²) in [6.07, 6.45) is 3.87. The Kier molecular flexibility index (Phi) is 42.0. The molecule has 3 aliphatic heterocycles. The standard InChI is InChI=1S/C75H120N18O20S3/c1-10-39(5)59(89-56(98)26-13-12-20-28-77-55(97)25-17-16-24-54-63-51(35-114-54)88-75(113)93-63)70(107)85-49(30-44-31-78-46-22-15-14-21-45(44)46)64(101)79-33-58(100)83-52-36-115-116-37-53(69(106)91-62(43(9)96)73(110)92-61(42(8)95)72(109)81-41(7)74(111)112)87-71(108)60(40(6)11-2)90-67(104)48(29-38(3)4)84-66(103)47(23-18-19-27-76)82-57(99)32-80-65(102)50(34-94)86-68(52)105/h14-15,21-22,31,38-43,47-54,59-63,78,94-96H,10-13,16-20,23-30,32-37,76H2,1-9H3,(H,77,97)(H,79,101)(H,80,102)(H,81,109)(H,82,99)(H,83,100)(H,84,103)(H,85,107)(H,86,105)(H,87,108)(H,89,98)(H,90,104)(H,91,106)(H,92,110)(H,111,112)(H2,88,93,113)/t39-,40-,41-,42+,43+,47-,48-,49-,50-,51-,52-,53-,54-,59-,60-,61-,62-,63-/m0/s1. The molecule has 38 nitrogen and oxygen atoms in total. The molecule has 648 valence electrons. The molecule has 41 heteroatoms. The third kappa shape index (κ3) is 32.1. The van der Waals surface area contributed by atoms with E-state index in [-0.39, 0.29) is 68.6 Å². The van der Waals surface area contributed by atoms with Gasteiger partial charge in [-0.15, -0.1) is 0 Å². The number of aliphatic carboxylic acids is 1. The van der Waals surface area contributed by atoms with Crippen LogP contribution in [0.5, 0.6) is 0 Å². The number of aliphatic hydroxyl groups excluding tert-OH is 3. The van der Waals surface area contributed by atoms with Crippen molar-refractivity contribution in [3.63, 3.8) is 0 Å². The van der Waals surface area contributed by atoms with Gasteiger partial charge in [-0.1, -0.05) is 107 Å². The molecule has 5 rings (SSSR count). The second-order valence-electron chi connectivity index (χ2n) is 30.0. The van der Waals surface area contributed by atoms with Crippen molar-refractivity contribution >= 4 is 139 Å². The highest BCUT2D eigenvalue weighted by Gasteiger charge is 2.44. The van der Waals surface area contributed by atoms with Gasteiger partial charge >= 0.3 is 12.0 Å². The zero-order valence-electron chi connectivity index (χ0n) is 67.2. The van der Waals surface area contributed by atoms with Gasteiger partial charge in [0.1, 0.15) is 66.5 Å². The van der Waals surface area contributed by atoms with Gasteiger partial charge in [-0.3, -0.25) is 71.9 Å². The van der Waals surface area contributed by atoms with Gasteiger partial charge in [0.15, 0.2) is 0 Å². The molecule has 3 fully saturated rings. The molecule has 2 aromatic rings. The van der Waals surface area contributed by atoms with Crippen molar-refractivity contribution in [1.82, 2.24) is 90.1 Å². The summed E-state index contributed by atoms with van der Waals surface area (Å²) in [5, 5.41) is 83.9. The predicted octanol–water partition coefficient (Wildman–Crippen LogP) is -2.80. The Hall–Kier alpha value is -9.03. The number of aromatic nitrogens is 1. The molecule has 4 heterocycles. The first-order valence-electron chi connectivity index (χ1n) is 39.6. The first kappa shape index (κ1) is 97.5. The van der Waals surface area contributed by atoms with E-state index in [1.165, 1.54) is 0 Å². The normalized spacial score (nSPS) is 22.9. The molecule has 1 aromatic heterocycles. The number of H-pyrrole nitrogens is 1. The summed E-state index contributed by atoms with van der Waals surface area (Å²) in [6, 6.07) is -10.1. The van der Waals surface area contributed by atoms with Crippen molar-refractivity contribution < 1.29 is 97.1 Å². The van der Waals surface area contributed by atoms with E-state index in [4.69, 9.17) is 5.73 Å². The van der Waals surface area contributed by atoms with E-state index < -0.39 is 204 Å². The van der Waals surface area contributed by atoms with Crippen molar-refractivity contribution in [3.05, 3.63) is 36.0 Å². The van der Waals surface area contributed by atoms with Gasteiger partial charge in [0, 0.05) is 65.4 Å². The van der Waals surface area contributed by atoms with Crippen LogP contribution in [0.3, 0.4) is 0 Å². The van der Waals surface area contributed by atoms with Crippen LogP contribution in [0, 0.1) is 17.8 Å². The van der Waals surface area contributed by atoms with Crippen molar-refractivity contribution in [2.45, 2.75) is 255 Å². The third-order valence-electron chi connectivity index (χ3n) is 20.1. The van der Waals surface area contributed by atoms with Crippen LogP contribution < -0.4 is 90.8 Å². The summed E-state index contributed by atoms with van der Waals surface area (Å²) in [4.78, 5) is 223. The number of carbonyl (C=O) groups excluding carboxylic acids is 15. The average molecular weight is 1690 g/mol. The number of rotatable bonds is 40. The summed E-state index contributed by atoms with van der Waals surface area (Å²) in [5.41, 5.74) is 7.05. The molecule has 0 saturated carbocycles. The topological polar surface area (TPSA) is 588 Å². The Morgan fingerprint density at radius 3 is 1.91 bits per heavy atom. The molecule has 16 amide bonds. The molecular weight excluding hydrogens is 1570 g/mol. The van der Waals surface area contributed by atoms with E-state index in [9.17, 15) is 97.1 Å². The maximum Gasteiger partial charge on any atom is 0.325 e. The van der Waals surface area contributed by atoms with Crippen LogP contribution in [0.25, 0.3) is 10.9 Å². The van der Waals surface area contributed by atoms with Crippen molar-refractivity contribution in [2.24, 2.45) is 23.5 Å². The van der Waals surface area contributed by atoms with Crippen LogP contribution in [0.4, 0.5) is 4.79 Å². The minimum absolute atomic E-state index is 0.00511. The predicted molar refractivity (Wildman–Crippen MR) is 435 cm³/mol. The Bertz CT molecular complexity index is 3690. The average Bonchev–Trinajstić information content (AvgIpc) is 1.63. The van der Waals surface area contributed by atoms with Crippen molar-refractivity contribution in [3.8, 4) is 0 Å². The number of unbranched alkanes of at least 4 members (excludes halogenated alkanes) is 4. The maximum absolute atomic E-state index is 14.8. The number of fused-ring (bicyclic) bond motifs is 2. The quantitative estimate of drug-likeness (QED) is 0.0182. The van der Waals surface area contributed by atoms with E-state index in [1.54, 1.807) is 65.1 Å². The fourth-order valence-corrected chi connectivity index (χ4v) is 16.8. The number of para-hydroxylation sites is 1. The number of carbonyl (C=O) groups is 16. The number of aliphatic hydroxyl groups is 3. The number of thioether (sulfide) groups is 1. The summed E-state index contributed by atoms with van der Waals surface area (Å²) in [6.45, 7) is 11.6. The van der Waals surface area contributed by atoms with Crippen LogP contribution in [0.2, 0.25) is 0 Å². The number of hydrogen-bond acceptors (Lipinski definition) is 23. The highest BCUT2D eigenvalue weighted by molar-refractivity contribution is 8.76. The number of aromatic amines is 1. The Balaban J connectivity index is 1.39. The molecule has 18 atom stereocenters. The minimum atomic E-state index is -1.96. The summed E-state index contributed by atoms with van der Waals surface area (Å²) in [7, 11) is 1.56. The highest BCUT2D eigenvalue weighted by atomic mass is 33.1. The van der Waals surface area contributed by atoms with Crippen LogP contribution >= 0.6 is 33.3 Å². The van der Waals surface area contributed by atoms with E-state index in [2.05, 4.69) is 90.1 Å². The number of nitrogens with one attached hydrogen (secondary N) is 17. The number of benzene rings is 1. The molecule has 116 heavy (non-hydrogen) atoms. The van der Waals surface area contributed by atoms with Gasteiger partial charge in [0.2, 0.25) is 82.7 Å². The van der Waals surface area contributed by atoms with Gasteiger partial charge in [-0.25, -0.2) is 4.79 Å². The van der Waals surface area contributed by atoms with Crippen LogP contribution in [-0.4, -0.2) is 266 Å². The van der Waals surface area contributed by atoms with Gasteiger partial charge in [0.25, 0.3) is 0 Å². The molecule has 3 saturated heterocycles. The first-order chi connectivity index (χ1) is 55.1. The summed E-state index contributed by atoms with van der Waals surface area (Å²) >= 11 is 1.82. The molecule has 3 aliphatic rings. The number of hydrogen-bond donors (Lipinski definition) is 22. The second kappa shape index (κ2) is 49.9. The van der Waals surface area contributed by atoms with Gasteiger partial charge in [-0.05, 0) is 108 Å². The van der Waals surface area contributed by atoms with Gasteiger partial charge in [0.05, 0.1) is 44.0 Å². The van der Waals surface area contributed by atoms with Crippen molar-refractivity contribution in [1.29, 1.82) is 0 Å². The lowest BCUT2D eigenvalue weighted by atomic mass is 9.96. The fourth-order valence-electron chi connectivity index (χ4n) is 12.9. The Morgan fingerprint density at radius 1 is 0.595 bits per heavy atom. The van der Waals surface area contributed by atoms with E-state index >= 15 is 0 Å². The lowest BCUT2D eigenvalue weighted by Gasteiger charge is -2.30. The SMILES string of the molecule is CC[C@H](C)[C@H](NC(=O)CCCCCNC(=O)CCCC[C@@H]1SC[C@@H]2NC(=O)N[C@@H]21)C(=O)N[C@@H](Cc1c[nH]c2ccccc12)C(=O)NCC(=O)N[C@H]1CSSC[C@@H](C(=O)N[C@H](C(=O)N[C@H](C(=O)N[C@@H](C)C(=O)O)[C@@H](C)O)[C@@H](C)O)NC(=O)[C@H]([C@@H](C)CC)NC(=O)[C@H](CC(C)C)NC(=O)[C@H](CCCCN)NC(=O)CNC(=O)[C@H](CO)NC1=O. The molecule has 0 spiro atoms. The Morgan fingerprint density at radius 2 is 1.24 bits per heavy atom. The molecule has 0 radical (unpaired) electrons. The minimum Gasteiger partial charge on any atom is -0.480 e. The van der Waals surface area contributed by atoms with E-state index in [1.807, 2.05) is 18.7 Å². The lowest BCUT2D eigenvalue weighted by molar-refractivity contribution is -0.142. The second-order valence-corrected chi connectivity index (χ2v) is 33.8. The van der Waals surface area contributed by atoms with Crippen LogP contribution in [0.1, 0.15) is 158 Å². The van der Waals surface area contributed by atoms with E-state index in [0.717, 1.165) is 61.0 Å². The number of nitrogens with two attached hydrogens (primary N) is 1. The summed E-state index contributed by atoms with van der Waals surface area (Å²) < 4.78 is 0. The van der Waals surface area contributed by atoms with Gasteiger partial charge in [-0.2, -0.15) is 11.8 Å². The molecule has 0 unspecified atom stereocenters.